The summed E-state index contributed by atoms with van der Waals surface area (Å²) in [5.41, 5.74) is -0.185. The summed E-state index contributed by atoms with van der Waals surface area (Å²) in [5, 5.41) is 5.18. The molecule has 12 heteroatoms. The van der Waals surface area contributed by atoms with Crippen molar-refractivity contribution in [2.75, 3.05) is 26.1 Å². The van der Waals surface area contributed by atoms with E-state index in [0.717, 1.165) is 8.95 Å². The van der Waals surface area contributed by atoms with Gasteiger partial charge >= 0.3 is 11.7 Å². The standard InChI is InChI=1S/C10H14BrN3O3.C8H6BrN3O/c1-16-9(17-2)6-13-10(15)14-8-4-3-7(11)5-12-8;9-6-1-2-7(11-5-6)12-4-3-10-8(12)13/h3-5,9H,6H2,1-2H3,(H2,12,13,14,15);1-5H,(H,10,13). The van der Waals surface area contributed by atoms with Gasteiger partial charge in [0.2, 0.25) is 0 Å². The maximum Gasteiger partial charge on any atom is 0.331 e. The predicted octanol–water partition coefficient (Wildman–Crippen LogP) is 2.91. The summed E-state index contributed by atoms with van der Waals surface area (Å²) in [7, 11) is 3.01. The number of anilines is 1. The van der Waals surface area contributed by atoms with Gasteiger partial charge in [-0.2, -0.15) is 0 Å². The van der Waals surface area contributed by atoms with Crippen LogP contribution in [0, 0.1) is 0 Å². The van der Waals surface area contributed by atoms with E-state index in [9.17, 15) is 9.59 Å². The maximum absolute atomic E-state index is 11.4. The lowest BCUT2D eigenvalue weighted by Gasteiger charge is -2.14. The first-order valence-corrected chi connectivity index (χ1v) is 10.1. The van der Waals surface area contributed by atoms with E-state index in [0.29, 0.717) is 11.6 Å². The third kappa shape index (κ3) is 7.71. The zero-order valence-electron chi connectivity index (χ0n) is 16.1. The molecule has 0 saturated carbocycles. The van der Waals surface area contributed by atoms with Gasteiger partial charge < -0.3 is 19.8 Å². The van der Waals surface area contributed by atoms with Gasteiger partial charge in [-0.3, -0.25) is 9.88 Å². The largest absolute Gasteiger partial charge is 0.354 e. The Balaban J connectivity index is 0.000000220. The van der Waals surface area contributed by atoms with Crippen LogP contribution in [0.15, 0.2) is 62.8 Å². The highest BCUT2D eigenvalue weighted by molar-refractivity contribution is 9.10. The number of H-pyrrole nitrogens is 1. The number of pyridine rings is 2. The number of hydrogen-bond acceptors (Lipinski definition) is 6. The van der Waals surface area contributed by atoms with Gasteiger partial charge in [-0.1, -0.05) is 0 Å². The number of ether oxygens (including phenoxy) is 2. The molecule has 0 aromatic carbocycles. The van der Waals surface area contributed by atoms with E-state index in [1.165, 1.54) is 18.8 Å². The molecule has 0 unspecified atom stereocenters. The second-order valence-corrected chi connectivity index (χ2v) is 7.40. The lowest BCUT2D eigenvalue weighted by atomic mass is 10.4. The summed E-state index contributed by atoms with van der Waals surface area (Å²) in [4.78, 5) is 33.2. The topological polar surface area (TPSA) is 123 Å². The van der Waals surface area contributed by atoms with Crippen molar-refractivity contribution in [1.82, 2.24) is 24.8 Å². The molecule has 3 N–H and O–H groups in total. The number of urea groups is 1. The van der Waals surface area contributed by atoms with E-state index >= 15 is 0 Å². The van der Waals surface area contributed by atoms with Crippen molar-refractivity contribution in [1.29, 1.82) is 0 Å². The van der Waals surface area contributed by atoms with Gasteiger partial charge in [0.15, 0.2) is 6.29 Å². The number of rotatable bonds is 6. The monoisotopic (exact) mass is 542 g/mol. The second-order valence-electron chi connectivity index (χ2n) is 5.57. The molecule has 0 aliphatic heterocycles. The van der Waals surface area contributed by atoms with Crippen LogP contribution >= 0.6 is 31.9 Å². The van der Waals surface area contributed by atoms with Gasteiger partial charge in [0.25, 0.3) is 0 Å². The molecule has 0 aliphatic rings. The Labute approximate surface area is 189 Å². The van der Waals surface area contributed by atoms with Gasteiger partial charge in [-0.25, -0.2) is 19.6 Å². The Morgan fingerprint density at radius 2 is 1.80 bits per heavy atom. The van der Waals surface area contributed by atoms with Crippen molar-refractivity contribution in [3.05, 3.63) is 68.5 Å². The quantitative estimate of drug-likeness (QED) is 0.411. The second kappa shape index (κ2) is 12.2. The molecule has 0 saturated heterocycles. The van der Waals surface area contributed by atoms with Crippen molar-refractivity contribution < 1.29 is 14.3 Å². The number of nitrogens with zero attached hydrogens (tertiary/aromatic N) is 3. The zero-order chi connectivity index (χ0) is 21.9. The minimum absolute atomic E-state index is 0.185. The summed E-state index contributed by atoms with van der Waals surface area (Å²) < 4.78 is 13.0. The highest BCUT2D eigenvalue weighted by Gasteiger charge is 2.08. The molecule has 0 radical (unpaired) electrons. The summed E-state index contributed by atoms with van der Waals surface area (Å²) in [5.74, 6) is 1.08. The minimum Gasteiger partial charge on any atom is -0.354 e. The minimum atomic E-state index is -0.460. The van der Waals surface area contributed by atoms with E-state index in [-0.39, 0.29) is 18.3 Å². The Morgan fingerprint density at radius 3 is 2.30 bits per heavy atom. The molecule has 0 bridgehead atoms. The third-order valence-electron chi connectivity index (χ3n) is 3.53. The van der Waals surface area contributed by atoms with Crippen molar-refractivity contribution >= 4 is 43.7 Å². The number of carbonyl (C=O) groups is 1. The van der Waals surface area contributed by atoms with Gasteiger partial charge in [0.05, 0.1) is 6.54 Å². The summed E-state index contributed by atoms with van der Waals surface area (Å²) in [6.45, 7) is 0.259. The highest BCUT2D eigenvalue weighted by atomic mass is 79.9. The highest BCUT2D eigenvalue weighted by Crippen LogP contribution is 2.10. The predicted molar refractivity (Wildman–Crippen MR) is 119 cm³/mol. The number of aromatic amines is 1. The molecule has 0 atom stereocenters. The van der Waals surface area contributed by atoms with Crippen LogP contribution in [0.1, 0.15) is 0 Å². The van der Waals surface area contributed by atoms with E-state index in [1.54, 1.807) is 43.0 Å². The van der Waals surface area contributed by atoms with Gasteiger partial charge in [-0.05, 0) is 56.1 Å². The fourth-order valence-corrected chi connectivity index (χ4v) is 2.53. The number of aromatic nitrogens is 4. The van der Waals surface area contributed by atoms with E-state index in [2.05, 4.69) is 57.4 Å². The molecule has 3 heterocycles. The molecule has 3 rings (SSSR count). The fourth-order valence-electron chi connectivity index (χ4n) is 2.06. The van der Waals surface area contributed by atoms with E-state index in [4.69, 9.17) is 9.47 Å². The van der Waals surface area contributed by atoms with Crippen LogP contribution in [0.2, 0.25) is 0 Å². The van der Waals surface area contributed by atoms with Crippen LogP contribution in [-0.2, 0) is 9.47 Å². The molecule has 3 aromatic heterocycles. The molecule has 0 fully saturated rings. The smallest absolute Gasteiger partial charge is 0.331 e. The molecule has 3 aromatic rings. The SMILES string of the molecule is COC(CNC(=O)Nc1ccc(Br)cn1)OC.O=c1[nH]ccn1-c1ccc(Br)cn1. The molecule has 2 amide bonds. The first kappa shape index (κ1) is 23.7. The fraction of sp³-hybridized carbons (Fsp3) is 0.222. The van der Waals surface area contributed by atoms with Crippen molar-refractivity contribution in [2.24, 2.45) is 0 Å². The van der Waals surface area contributed by atoms with Crippen LogP contribution in [0.5, 0.6) is 0 Å². The molecule has 30 heavy (non-hydrogen) atoms. The van der Waals surface area contributed by atoms with E-state index < -0.39 is 6.29 Å². The van der Waals surface area contributed by atoms with Crippen LogP contribution in [0.3, 0.4) is 0 Å². The molecular weight excluding hydrogens is 524 g/mol. The number of nitrogens with one attached hydrogen (secondary N) is 3. The third-order valence-corrected chi connectivity index (χ3v) is 4.47. The van der Waals surface area contributed by atoms with Gasteiger partial charge in [-0.15, -0.1) is 0 Å². The van der Waals surface area contributed by atoms with E-state index in [1.807, 2.05) is 6.07 Å². The lowest BCUT2D eigenvalue weighted by Crippen LogP contribution is -2.36. The summed E-state index contributed by atoms with van der Waals surface area (Å²) in [6, 6.07) is 6.71. The van der Waals surface area contributed by atoms with Gasteiger partial charge in [0, 0.05) is 48.0 Å². The molecular formula is C18H20Br2N6O4. The number of amides is 2. The van der Waals surface area contributed by atoms with Crippen molar-refractivity contribution in [2.45, 2.75) is 6.29 Å². The average Bonchev–Trinajstić information content (AvgIpc) is 3.17. The van der Waals surface area contributed by atoms with Crippen molar-refractivity contribution in [3.63, 3.8) is 0 Å². The van der Waals surface area contributed by atoms with Crippen LogP contribution in [-0.4, -0.2) is 52.6 Å². The summed E-state index contributed by atoms with van der Waals surface area (Å²) >= 11 is 6.53. The Kier molecular flexibility index (Phi) is 9.67. The molecule has 0 spiro atoms. The first-order chi connectivity index (χ1) is 14.4. The number of halogens is 2. The van der Waals surface area contributed by atoms with Crippen LogP contribution in [0.4, 0.5) is 10.6 Å². The number of hydrogen-bond donors (Lipinski definition) is 3. The molecule has 0 aliphatic carbocycles. The normalized spacial score (nSPS) is 10.3. The Hall–Kier alpha value is -2.54. The number of carbonyl (C=O) groups excluding carboxylic acids is 1. The average molecular weight is 544 g/mol. The first-order valence-electron chi connectivity index (χ1n) is 8.53. The number of imidazole rings is 1. The van der Waals surface area contributed by atoms with Gasteiger partial charge in [0.1, 0.15) is 11.6 Å². The maximum atomic E-state index is 11.4. The number of methoxy groups -OCH3 is 2. The zero-order valence-corrected chi connectivity index (χ0v) is 19.3. The molecule has 160 valence electrons. The van der Waals surface area contributed by atoms with Crippen LogP contribution in [0.25, 0.3) is 5.82 Å². The lowest BCUT2D eigenvalue weighted by molar-refractivity contribution is -0.0970. The molecule has 10 nitrogen and oxygen atoms in total. The van der Waals surface area contributed by atoms with Crippen LogP contribution < -0.4 is 16.3 Å². The Bertz CT molecular complexity index is 971. The summed E-state index contributed by atoms with van der Waals surface area (Å²) in [6.07, 6.45) is 6.00. The van der Waals surface area contributed by atoms with Crippen molar-refractivity contribution in [3.8, 4) is 5.82 Å². The Morgan fingerprint density at radius 1 is 1.13 bits per heavy atom.